The van der Waals surface area contributed by atoms with Crippen molar-refractivity contribution in [3.63, 3.8) is 0 Å². The number of ether oxygens (including phenoxy) is 1. The second-order valence-corrected chi connectivity index (χ2v) is 8.75. The molecule has 1 atom stereocenters. The molecule has 158 valence electrons. The molecule has 4 heteroatoms. The van der Waals surface area contributed by atoms with Crippen LogP contribution in [0.4, 0.5) is 0 Å². The van der Waals surface area contributed by atoms with Crippen LogP contribution in [0.3, 0.4) is 0 Å². The lowest BCUT2D eigenvalue weighted by Crippen LogP contribution is -2.31. The topological polar surface area (TPSA) is 44.1 Å². The Morgan fingerprint density at radius 1 is 0.871 bits per heavy atom. The molecule has 0 bridgehead atoms. The third-order valence-electron chi connectivity index (χ3n) is 5.28. The van der Waals surface area contributed by atoms with Crippen molar-refractivity contribution in [3.8, 4) is 0 Å². The summed E-state index contributed by atoms with van der Waals surface area (Å²) in [6.45, 7) is 6.96. The van der Waals surface area contributed by atoms with Crippen molar-refractivity contribution < 1.29 is 4.74 Å². The molecule has 3 aromatic carbocycles. The molecule has 0 saturated heterocycles. The number of rotatable bonds is 6. The summed E-state index contributed by atoms with van der Waals surface area (Å²) >= 11 is 0. The molecule has 0 N–H and O–H groups in total. The number of hydrogen-bond acceptors (Lipinski definition) is 3. The van der Waals surface area contributed by atoms with Crippen molar-refractivity contribution in [3.05, 3.63) is 112 Å². The van der Waals surface area contributed by atoms with Gasteiger partial charge in [-0.1, -0.05) is 72.8 Å². The van der Waals surface area contributed by atoms with E-state index < -0.39 is 0 Å². The van der Waals surface area contributed by atoms with Crippen molar-refractivity contribution >= 4 is 11.0 Å². The van der Waals surface area contributed by atoms with E-state index in [-0.39, 0.29) is 17.1 Å². The van der Waals surface area contributed by atoms with Crippen LogP contribution in [0, 0.1) is 0 Å². The van der Waals surface area contributed by atoms with Crippen LogP contribution in [0.15, 0.2) is 89.7 Å². The number of nitrogens with zero attached hydrogens (tertiary/aromatic N) is 2. The predicted molar refractivity (Wildman–Crippen MR) is 126 cm³/mol. The lowest BCUT2D eigenvalue weighted by molar-refractivity contribution is -0.00716. The smallest absolute Gasteiger partial charge is 0.273 e. The molecule has 0 saturated carbocycles. The highest BCUT2D eigenvalue weighted by atomic mass is 16.5. The van der Waals surface area contributed by atoms with Crippen LogP contribution in [-0.4, -0.2) is 21.8 Å². The lowest BCUT2D eigenvalue weighted by atomic mass is 9.96. The minimum Gasteiger partial charge on any atom is -0.375 e. The minimum atomic E-state index is -0.313. The highest BCUT2D eigenvalue weighted by Gasteiger charge is 2.24. The Balaban J connectivity index is 1.88. The maximum atomic E-state index is 13.8. The number of benzene rings is 3. The first kappa shape index (κ1) is 21.0. The van der Waals surface area contributed by atoms with E-state index in [1.54, 1.807) is 0 Å². The summed E-state index contributed by atoms with van der Waals surface area (Å²) in [6, 6.07) is 27.9. The fraction of sp³-hybridized carbons (Fsp3) is 0.259. The Morgan fingerprint density at radius 2 is 1.48 bits per heavy atom. The third kappa shape index (κ3) is 4.92. The van der Waals surface area contributed by atoms with Gasteiger partial charge < -0.3 is 9.30 Å². The van der Waals surface area contributed by atoms with E-state index >= 15 is 0 Å². The molecule has 1 aromatic heterocycles. The fourth-order valence-electron chi connectivity index (χ4n) is 3.71. The zero-order valence-electron chi connectivity index (χ0n) is 18.3. The van der Waals surface area contributed by atoms with Crippen molar-refractivity contribution in [1.29, 1.82) is 0 Å². The molecule has 0 radical (unpaired) electrons. The van der Waals surface area contributed by atoms with Gasteiger partial charge in [-0.3, -0.25) is 4.79 Å². The van der Waals surface area contributed by atoms with Crippen LogP contribution in [0.2, 0.25) is 0 Å². The van der Waals surface area contributed by atoms with Gasteiger partial charge in [-0.05, 0) is 44.0 Å². The number of fused-ring (bicyclic) bond motifs is 1. The number of aromatic nitrogens is 2. The van der Waals surface area contributed by atoms with Gasteiger partial charge >= 0.3 is 0 Å². The average molecular weight is 413 g/mol. The molecule has 1 unspecified atom stereocenters. The van der Waals surface area contributed by atoms with E-state index in [1.165, 1.54) is 0 Å². The zero-order chi connectivity index (χ0) is 21.8. The predicted octanol–water partition coefficient (Wildman–Crippen LogP) is 5.39. The Kier molecular flexibility index (Phi) is 6.01. The van der Waals surface area contributed by atoms with Gasteiger partial charge in [0.25, 0.3) is 5.56 Å². The van der Waals surface area contributed by atoms with Gasteiger partial charge in [0.1, 0.15) is 5.69 Å². The Morgan fingerprint density at radius 3 is 2.16 bits per heavy atom. The van der Waals surface area contributed by atoms with Crippen LogP contribution >= 0.6 is 0 Å². The highest BCUT2D eigenvalue weighted by molar-refractivity contribution is 5.75. The molecule has 0 aliphatic rings. The highest BCUT2D eigenvalue weighted by Crippen LogP contribution is 2.25. The van der Waals surface area contributed by atoms with E-state index in [4.69, 9.17) is 9.72 Å². The maximum Gasteiger partial charge on any atom is 0.273 e. The second-order valence-electron chi connectivity index (χ2n) is 8.75. The van der Waals surface area contributed by atoms with E-state index in [1.807, 2.05) is 110 Å². The summed E-state index contributed by atoms with van der Waals surface area (Å²) in [5.74, 6) is -0.250. The van der Waals surface area contributed by atoms with Crippen LogP contribution < -0.4 is 5.56 Å². The van der Waals surface area contributed by atoms with E-state index in [9.17, 15) is 4.79 Å². The summed E-state index contributed by atoms with van der Waals surface area (Å²) in [4.78, 5) is 18.6. The quantitative estimate of drug-likeness (QED) is 0.426. The normalized spacial score (nSPS) is 12.7. The van der Waals surface area contributed by atoms with Crippen molar-refractivity contribution in [2.45, 2.75) is 38.8 Å². The summed E-state index contributed by atoms with van der Waals surface area (Å²) in [5, 5.41) is 0. The lowest BCUT2D eigenvalue weighted by Gasteiger charge is -2.25. The summed E-state index contributed by atoms with van der Waals surface area (Å²) < 4.78 is 7.97. The monoisotopic (exact) mass is 412 g/mol. The van der Waals surface area contributed by atoms with Crippen LogP contribution in [0.25, 0.3) is 11.0 Å². The third-order valence-corrected chi connectivity index (χ3v) is 5.28. The van der Waals surface area contributed by atoms with E-state index in [2.05, 4.69) is 0 Å². The Hall–Kier alpha value is -3.24. The van der Waals surface area contributed by atoms with Gasteiger partial charge in [-0.2, -0.15) is 0 Å². The minimum absolute atomic E-state index is 0.0751. The number of para-hydroxylation sites is 2. The summed E-state index contributed by atoms with van der Waals surface area (Å²) in [6.07, 6.45) is 0. The molecule has 4 aromatic rings. The average Bonchev–Trinajstić information content (AvgIpc) is 2.77. The van der Waals surface area contributed by atoms with Crippen molar-refractivity contribution in [2.24, 2.45) is 0 Å². The van der Waals surface area contributed by atoms with Gasteiger partial charge in [0.05, 0.1) is 35.7 Å². The zero-order valence-corrected chi connectivity index (χ0v) is 18.3. The first-order chi connectivity index (χ1) is 14.9. The van der Waals surface area contributed by atoms with Crippen molar-refractivity contribution in [1.82, 2.24) is 9.55 Å². The van der Waals surface area contributed by atoms with Gasteiger partial charge in [-0.15, -0.1) is 0 Å². The van der Waals surface area contributed by atoms with Crippen LogP contribution in [-0.2, 0) is 11.3 Å². The molecular formula is C27H28N2O2. The Bertz CT molecular complexity index is 1210. The maximum absolute atomic E-state index is 13.8. The molecule has 0 fully saturated rings. The SMILES string of the molecule is CC(C)(C)OCC(c1ccccc1)c1nc2ccccc2n(Cc2ccccc2)c1=O. The standard InChI is InChI=1S/C27H28N2O2/c1-27(2,3)31-19-22(21-14-8-5-9-15-21)25-26(30)29(18-20-12-6-4-7-13-20)24-17-11-10-16-23(24)28-25/h4-17,22H,18-19H2,1-3H3. The van der Waals surface area contributed by atoms with E-state index in [0.29, 0.717) is 18.8 Å². The molecular weight excluding hydrogens is 384 g/mol. The van der Waals surface area contributed by atoms with Gasteiger partial charge in [0.15, 0.2) is 0 Å². The molecule has 0 aliphatic carbocycles. The number of hydrogen-bond donors (Lipinski definition) is 0. The molecule has 4 nitrogen and oxygen atoms in total. The molecule has 0 aliphatic heterocycles. The molecule has 31 heavy (non-hydrogen) atoms. The molecule has 0 amide bonds. The molecule has 4 rings (SSSR count). The summed E-state index contributed by atoms with van der Waals surface area (Å²) in [7, 11) is 0. The van der Waals surface area contributed by atoms with Crippen molar-refractivity contribution in [2.75, 3.05) is 6.61 Å². The van der Waals surface area contributed by atoms with Gasteiger partial charge in [-0.25, -0.2) is 4.98 Å². The first-order valence-electron chi connectivity index (χ1n) is 10.6. The Labute approximate surface area is 183 Å². The van der Waals surface area contributed by atoms with Crippen LogP contribution in [0.1, 0.15) is 43.5 Å². The largest absolute Gasteiger partial charge is 0.375 e. The first-order valence-corrected chi connectivity index (χ1v) is 10.6. The fourth-order valence-corrected chi connectivity index (χ4v) is 3.71. The molecule has 1 heterocycles. The summed E-state index contributed by atoms with van der Waals surface area (Å²) in [5.41, 5.74) is 3.88. The van der Waals surface area contributed by atoms with Gasteiger partial charge in [0.2, 0.25) is 0 Å². The second kappa shape index (κ2) is 8.86. The van der Waals surface area contributed by atoms with E-state index in [0.717, 1.165) is 22.2 Å². The van der Waals surface area contributed by atoms with Crippen LogP contribution in [0.5, 0.6) is 0 Å². The molecule has 0 spiro atoms. The van der Waals surface area contributed by atoms with Gasteiger partial charge in [0, 0.05) is 0 Å².